The monoisotopic (exact) mass is 440 g/mol. The first-order chi connectivity index (χ1) is 15.8. The second-order valence-corrected chi connectivity index (χ2v) is 8.98. The summed E-state index contributed by atoms with van der Waals surface area (Å²) in [5, 5.41) is 10.8. The third-order valence-electron chi connectivity index (χ3n) is 5.45. The van der Waals surface area contributed by atoms with Gasteiger partial charge < -0.3 is 9.84 Å². The Morgan fingerprint density at radius 1 is 0.625 bits per heavy atom. The molecule has 0 saturated carbocycles. The molecule has 1 N–H and O–H groups in total. The Bertz CT molecular complexity index is 957. The average molecular weight is 441 g/mol. The molecule has 4 rings (SSSR count). The van der Waals surface area contributed by atoms with Crippen molar-refractivity contribution in [1.82, 2.24) is 0 Å². The minimum atomic E-state index is -0.570. The van der Waals surface area contributed by atoms with Gasteiger partial charge in [-0.1, -0.05) is 121 Å². The number of aliphatic hydroxyl groups excluding tert-OH is 1. The van der Waals surface area contributed by atoms with Crippen LogP contribution in [0.25, 0.3) is 0 Å². The van der Waals surface area contributed by atoms with Crippen LogP contribution >= 0.6 is 11.8 Å². The SMILES string of the molecule is O[C@@H](COCc1ccccc1)CSC(c1ccccc1)(c1ccccc1)c1ccccc1. The second-order valence-electron chi connectivity index (χ2n) is 7.74. The second kappa shape index (κ2) is 11.1. The minimum absolute atomic E-state index is 0.302. The molecule has 32 heavy (non-hydrogen) atoms. The predicted molar refractivity (Wildman–Crippen MR) is 134 cm³/mol. The van der Waals surface area contributed by atoms with E-state index in [9.17, 15) is 5.11 Å². The largest absolute Gasteiger partial charge is 0.390 e. The van der Waals surface area contributed by atoms with E-state index in [-0.39, 0.29) is 0 Å². The van der Waals surface area contributed by atoms with Crippen molar-refractivity contribution < 1.29 is 9.84 Å². The van der Waals surface area contributed by atoms with E-state index in [1.165, 1.54) is 16.7 Å². The standard InChI is InChI=1S/C29H28O2S/c30-28(22-31-21-24-13-5-1-6-14-24)23-32-29(25-15-7-2-8-16-25,26-17-9-3-10-18-26)27-19-11-4-12-20-27/h1-20,28,30H,21-23H2/t28-/m0/s1. The number of hydrogen-bond acceptors (Lipinski definition) is 3. The number of hydrogen-bond donors (Lipinski definition) is 1. The molecular weight excluding hydrogens is 412 g/mol. The van der Waals surface area contributed by atoms with E-state index in [1.807, 2.05) is 48.5 Å². The van der Waals surface area contributed by atoms with E-state index < -0.39 is 10.9 Å². The molecule has 0 spiro atoms. The molecule has 0 fully saturated rings. The third kappa shape index (κ3) is 5.31. The van der Waals surface area contributed by atoms with Crippen LogP contribution in [-0.2, 0) is 16.1 Å². The van der Waals surface area contributed by atoms with Gasteiger partial charge in [0, 0.05) is 5.75 Å². The summed E-state index contributed by atoms with van der Waals surface area (Å²) in [4.78, 5) is 0. The molecule has 0 saturated heterocycles. The van der Waals surface area contributed by atoms with E-state index in [2.05, 4.69) is 72.8 Å². The zero-order chi connectivity index (χ0) is 22.1. The van der Waals surface area contributed by atoms with Gasteiger partial charge in [-0.25, -0.2) is 0 Å². The highest BCUT2D eigenvalue weighted by molar-refractivity contribution is 8.00. The molecule has 4 aromatic rings. The lowest BCUT2D eigenvalue weighted by molar-refractivity contribution is 0.0397. The fourth-order valence-corrected chi connectivity index (χ4v) is 5.37. The van der Waals surface area contributed by atoms with Gasteiger partial charge >= 0.3 is 0 Å². The van der Waals surface area contributed by atoms with Gasteiger partial charge in [0.25, 0.3) is 0 Å². The molecule has 0 bridgehead atoms. The van der Waals surface area contributed by atoms with Crippen LogP contribution in [0.2, 0.25) is 0 Å². The molecule has 0 amide bonds. The lowest BCUT2D eigenvalue weighted by atomic mass is 9.84. The molecule has 0 aliphatic rings. The van der Waals surface area contributed by atoms with Gasteiger partial charge in [0.05, 0.1) is 24.1 Å². The number of ether oxygens (including phenoxy) is 1. The number of rotatable bonds is 10. The summed E-state index contributed by atoms with van der Waals surface area (Å²) in [6, 6.07) is 41.7. The molecule has 4 aromatic carbocycles. The smallest absolute Gasteiger partial charge is 0.0907 e. The van der Waals surface area contributed by atoms with Crippen molar-refractivity contribution in [2.24, 2.45) is 0 Å². The molecule has 0 aliphatic carbocycles. The molecule has 3 heteroatoms. The first-order valence-electron chi connectivity index (χ1n) is 10.9. The third-order valence-corrected chi connectivity index (χ3v) is 7.15. The summed E-state index contributed by atoms with van der Waals surface area (Å²) >= 11 is 1.75. The normalized spacial score (nSPS) is 12.4. The zero-order valence-corrected chi connectivity index (χ0v) is 18.8. The van der Waals surface area contributed by atoms with E-state index in [0.29, 0.717) is 19.0 Å². The molecule has 1 atom stereocenters. The number of aliphatic hydroxyl groups is 1. The van der Waals surface area contributed by atoms with Crippen molar-refractivity contribution in [2.45, 2.75) is 17.5 Å². The molecule has 2 nitrogen and oxygen atoms in total. The van der Waals surface area contributed by atoms with E-state index in [0.717, 1.165) is 5.56 Å². The van der Waals surface area contributed by atoms with Crippen molar-refractivity contribution in [3.8, 4) is 0 Å². The summed E-state index contributed by atoms with van der Waals surface area (Å²) in [5.41, 5.74) is 4.69. The highest BCUT2D eigenvalue weighted by Crippen LogP contribution is 2.48. The summed E-state index contributed by atoms with van der Waals surface area (Å²) < 4.78 is 5.37. The van der Waals surface area contributed by atoms with Crippen molar-refractivity contribution in [3.05, 3.63) is 144 Å². The fraction of sp³-hybridized carbons (Fsp3) is 0.172. The molecule has 0 heterocycles. The molecule has 162 valence electrons. The highest BCUT2D eigenvalue weighted by atomic mass is 32.2. The summed E-state index contributed by atoms with van der Waals surface area (Å²) in [5.74, 6) is 0.549. The minimum Gasteiger partial charge on any atom is -0.390 e. The van der Waals surface area contributed by atoms with Gasteiger partial charge in [-0.2, -0.15) is 0 Å². The molecule has 0 unspecified atom stereocenters. The zero-order valence-electron chi connectivity index (χ0n) is 18.0. The molecule has 0 radical (unpaired) electrons. The predicted octanol–water partition coefficient (Wildman–Crippen LogP) is 6.29. The van der Waals surface area contributed by atoms with Crippen LogP contribution in [0, 0.1) is 0 Å². The van der Waals surface area contributed by atoms with Crippen LogP contribution in [0.5, 0.6) is 0 Å². The first-order valence-corrected chi connectivity index (χ1v) is 11.9. The molecule has 0 aliphatic heterocycles. The summed E-state index contributed by atoms with van der Waals surface area (Å²) in [6.45, 7) is 0.806. The van der Waals surface area contributed by atoms with Gasteiger partial charge in [-0.05, 0) is 22.3 Å². The van der Waals surface area contributed by atoms with Crippen LogP contribution in [0.1, 0.15) is 22.3 Å². The van der Waals surface area contributed by atoms with Crippen molar-refractivity contribution >= 4 is 11.8 Å². The first kappa shape index (κ1) is 22.3. The Morgan fingerprint density at radius 2 is 1.03 bits per heavy atom. The van der Waals surface area contributed by atoms with Crippen LogP contribution in [-0.4, -0.2) is 23.6 Å². The van der Waals surface area contributed by atoms with E-state index >= 15 is 0 Å². The Balaban J connectivity index is 1.58. The molecular formula is C29H28O2S. The average Bonchev–Trinajstić information content (AvgIpc) is 2.87. The maximum absolute atomic E-state index is 10.8. The van der Waals surface area contributed by atoms with Gasteiger partial charge in [-0.3, -0.25) is 0 Å². The highest BCUT2D eigenvalue weighted by Gasteiger charge is 2.37. The Labute approximate surface area is 194 Å². The maximum Gasteiger partial charge on any atom is 0.0907 e. The quantitative estimate of drug-likeness (QED) is 0.294. The van der Waals surface area contributed by atoms with Crippen molar-refractivity contribution in [3.63, 3.8) is 0 Å². The fourth-order valence-electron chi connectivity index (χ4n) is 3.92. The van der Waals surface area contributed by atoms with Crippen LogP contribution in [0.4, 0.5) is 0 Å². The Hall–Kier alpha value is -2.85. The topological polar surface area (TPSA) is 29.5 Å². The van der Waals surface area contributed by atoms with Crippen LogP contribution in [0.15, 0.2) is 121 Å². The summed E-state index contributed by atoms with van der Waals surface area (Å²) in [6.07, 6.45) is -0.570. The van der Waals surface area contributed by atoms with Gasteiger partial charge in [0.1, 0.15) is 0 Å². The van der Waals surface area contributed by atoms with Crippen LogP contribution in [0.3, 0.4) is 0 Å². The van der Waals surface area contributed by atoms with E-state index in [4.69, 9.17) is 4.74 Å². The van der Waals surface area contributed by atoms with Crippen molar-refractivity contribution in [1.29, 1.82) is 0 Å². The number of thioether (sulfide) groups is 1. The van der Waals surface area contributed by atoms with Crippen molar-refractivity contribution in [2.75, 3.05) is 12.4 Å². The van der Waals surface area contributed by atoms with Gasteiger partial charge in [0.15, 0.2) is 0 Å². The summed E-state index contributed by atoms with van der Waals surface area (Å²) in [7, 11) is 0. The Morgan fingerprint density at radius 3 is 1.47 bits per heavy atom. The van der Waals surface area contributed by atoms with Gasteiger partial charge in [-0.15, -0.1) is 11.8 Å². The number of benzene rings is 4. The lowest BCUT2D eigenvalue weighted by Crippen LogP contribution is -2.29. The Kier molecular flexibility index (Phi) is 7.78. The molecule has 0 aromatic heterocycles. The van der Waals surface area contributed by atoms with Crippen LogP contribution < -0.4 is 0 Å². The van der Waals surface area contributed by atoms with Gasteiger partial charge in [0.2, 0.25) is 0 Å². The maximum atomic E-state index is 10.8. The van der Waals surface area contributed by atoms with E-state index in [1.54, 1.807) is 11.8 Å². The lowest BCUT2D eigenvalue weighted by Gasteiger charge is -2.36.